The van der Waals surface area contributed by atoms with Crippen LogP contribution in [0.4, 0.5) is 0 Å². The summed E-state index contributed by atoms with van der Waals surface area (Å²) >= 11 is 0. The van der Waals surface area contributed by atoms with Gasteiger partial charge < -0.3 is 9.05 Å². The Morgan fingerprint density at radius 2 is 0.971 bits per heavy atom. The van der Waals surface area contributed by atoms with Crippen molar-refractivity contribution in [1.29, 1.82) is 0 Å². The minimum atomic E-state index is -4.37. The van der Waals surface area contributed by atoms with Crippen LogP contribution in [-0.2, 0) is 18.2 Å². The van der Waals surface area contributed by atoms with Crippen molar-refractivity contribution in [1.82, 2.24) is 0 Å². The molecule has 0 radical (unpaired) electrons. The van der Waals surface area contributed by atoms with Crippen LogP contribution in [0.5, 0.6) is 11.5 Å². The van der Waals surface area contributed by atoms with Crippen LogP contribution in [-0.4, -0.2) is 12.2 Å². The lowest BCUT2D eigenvalue weighted by Crippen LogP contribution is -2.24. The summed E-state index contributed by atoms with van der Waals surface area (Å²) in [5, 5.41) is 0. The van der Waals surface area contributed by atoms with Crippen LogP contribution in [0.1, 0.15) is 51.4 Å². The molecule has 2 aromatic rings. The van der Waals surface area contributed by atoms with E-state index in [9.17, 15) is 9.13 Å². The topological polar surface area (TPSA) is 71.1 Å². The standard InChI is InChI=1S/C26H32O6P2/c27-33(29-23-7-3-1-4-8-23,31-25-17-19-11-13-21(25)15-19)34(28,30-24-9-5-2-6-10-24)32-26-18-20-12-14-22(26)16-20/h1-10,19-22,25-26H,11-18H2/t19-,20+,21+,22-,25-,26-,33?,34?/m0/s1. The highest BCUT2D eigenvalue weighted by atomic mass is 32.1. The Morgan fingerprint density at radius 1 is 0.559 bits per heavy atom. The van der Waals surface area contributed by atoms with Gasteiger partial charge in [-0.05, 0) is 99.3 Å². The predicted molar refractivity (Wildman–Crippen MR) is 130 cm³/mol. The summed E-state index contributed by atoms with van der Waals surface area (Å²) in [6.45, 7) is 0. The molecule has 2 aromatic carbocycles. The lowest BCUT2D eigenvalue weighted by Gasteiger charge is -2.33. The molecule has 4 fully saturated rings. The summed E-state index contributed by atoms with van der Waals surface area (Å²) in [6.07, 6.45) is 7.66. The third kappa shape index (κ3) is 4.39. The van der Waals surface area contributed by atoms with Crippen molar-refractivity contribution < 1.29 is 27.2 Å². The average molecular weight is 502 g/mol. The molecule has 4 bridgehead atoms. The van der Waals surface area contributed by atoms with Crippen molar-refractivity contribution in [2.75, 3.05) is 0 Å². The summed E-state index contributed by atoms with van der Waals surface area (Å²) < 4.78 is 54.0. The summed E-state index contributed by atoms with van der Waals surface area (Å²) in [5.41, 5.74) is 0. The molecule has 6 nitrogen and oxygen atoms in total. The molecule has 0 aliphatic heterocycles. The minimum absolute atomic E-state index is 0.260. The Balaban J connectivity index is 1.36. The smallest absolute Gasteiger partial charge is 0.416 e. The molecule has 4 aliphatic rings. The van der Waals surface area contributed by atoms with E-state index in [4.69, 9.17) is 18.1 Å². The van der Waals surface area contributed by atoms with Crippen molar-refractivity contribution in [3.63, 3.8) is 0 Å². The molecule has 8 atom stereocenters. The van der Waals surface area contributed by atoms with Crippen LogP contribution >= 0.6 is 14.6 Å². The molecule has 8 heteroatoms. The summed E-state index contributed by atoms with van der Waals surface area (Å²) in [5.74, 6) is 2.43. The van der Waals surface area contributed by atoms with Gasteiger partial charge in [0.25, 0.3) is 0 Å². The number of para-hydroxylation sites is 2. The second kappa shape index (κ2) is 9.13. The molecule has 0 amide bonds. The van der Waals surface area contributed by atoms with Gasteiger partial charge in [-0.25, -0.2) is 9.13 Å². The number of benzene rings is 2. The van der Waals surface area contributed by atoms with Gasteiger partial charge in [0, 0.05) is 0 Å². The molecule has 0 aromatic heterocycles. The Hall–Kier alpha value is -1.58. The van der Waals surface area contributed by atoms with Crippen molar-refractivity contribution in [3.05, 3.63) is 60.7 Å². The fraction of sp³-hybridized carbons (Fsp3) is 0.538. The zero-order chi connectivity index (χ0) is 23.2. The van der Waals surface area contributed by atoms with Gasteiger partial charge in [0.2, 0.25) is 0 Å². The zero-order valence-corrected chi connectivity index (χ0v) is 21.0. The first-order valence-electron chi connectivity index (χ1n) is 12.6. The number of hydrogen-bond donors (Lipinski definition) is 0. The SMILES string of the molecule is O=P(Oc1ccccc1)(O[C@H]1C[C@H]2CC[C@@H]1C2)P(=O)(Oc1ccccc1)O[C@H]1C[C@@H]2CC[C@H]1C2. The van der Waals surface area contributed by atoms with Gasteiger partial charge in [-0.3, -0.25) is 9.05 Å². The van der Waals surface area contributed by atoms with E-state index in [-0.39, 0.29) is 12.2 Å². The van der Waals surface area contributed by atoms with Gasteiger partial charge in [-0.15, -0.1) is 0 Å². The maximum absolute atomic E-state index is 14.7. The maximum atomic E-state index is 14.7. The van der Waals surface area contributed by atoms with Crippen LogP contribution in [0.2, 0.25) is 0 Å². The largest absolute Gasteiger partial charge is 0.502 e. The van der Waals surface area contributed by atoms with E-state index in [1.165, 1.54) is 12.8 Å². The predicted octanol–water partition coefficient (Wildman–Crippen LogP) is 7.86. The third-order valence-electron chi connectivity index (χ3n) is 8.11. The molecule has 0 saturated heterocycles. The van der Waals surface area contributed by atoms with Crippen LogP contribution < -0.4 is 9.05 Å². The van der Waals surface area contributed by atoms with E-state index in [1.54, 1.807) is 48.5 Å². The summed E-state index contributed by atoms with van der Waals surface area (Å²) in [6, 6.07) is 17.6. The Bertz CT molecular complexity index is 1010. The fourth-order valence-corrected chi connectivity index (χ4v) is 11.5. The van der Waals surface area contributed by atoms with Crippen LogP contribution in [0.25, 0.3) is 0 Å². The highest BCUT2D eigenvalue weighted by molar-refractivity contribution is 8.28. The lowest BCUT2D eigenvalue weighted by molar-refractivity contribution is 0.107. The molecule has 182 valence electrons. The first kappa shape index (κ1) is 22.9. The van der Waals surface area contributed by atoms with Gasteiger partial charge in [0.15, 0.2) is 0 Å². The molecule has 0 heterocycles. The third-order valence-corrected chi connectivity index (χ3v) is 13.5. The number of hydrogen-bond acceptors (Lipinski definition) is 6. The molecule has 34 heavy (non-hydrogen) atoms. The quantitative estimate of drug-likeness (QED) is 0.325. The highest BCUT2D eigenvalue weighted by Gasteiger charge is 2.60. The lowest BCUT2D eigenvalue weighted by atomic mass is 9.98. The highest BCUT2D eigenvalue weighted by Crippen LogP contribution is 2.84. The van der Waals surface area contributed by atoms with E-state index >= 15 is 0 Å². The van der Waals surface area contributed by atoms with Crippen LogP contribution in [0.15, 0.2) is 60.7 Å². The Morgan fingerprint density at radius 3 is 1.29 bits per heavy atom. The second-order valence-electron chi connectivity index (χ2n) is 10.4. The number of rotatable bonds is 9. The Labute approximate surface area is 201 Å². The second-order valence-corrected chi connectivity index (χ2v) is 16.0. The van der Waals surface area contributed by atoms with E-state index in [0.29, 0.717) is 35.2 Å². The van der Waals surface area contributed by atoms with Gasteiger partial charge in [0.05, 0.1) is 12.2 Å². The zero-order valence-electron chi connectivity index (χ0n) is 19.2. The average Bonchev–Trinajstić information content (AvgIpc) is 3.63. The molecular formula is C26H32O6P2. The molecule has 0 N–H and O–H groups in total. The molecule has 2 unspecified atom stereocenters. The van der Waals surface area contributed by atoms with E-state index in [0.717, 1.165) is 38.5 Å². The van der Waals surface area contributed by atoms with E-state index < -0.39 is 14.6 Å². The van der Waals surface area contributed by atoms with Gasteiger partial charge in [-0.2, -0.15) is 0 Å². The first-order valence-corrected chi connectivity index (χ1v) is 16.4. The van der Waals surface area contributed by atoms with Crippen LogP contribution in [0, 0.1) is 23.7 Å². The van der Waals surface area contributed by atoms with Gasteiger partial charge >= 0.3 is 14.6 Å². The number of fused-ring (bicyclic) bond motifs is 4. The van der Waals surface area contributed by atoms with E-state index in [1.807, 2.05) is 12.1 Å². The molecule has 6 rings (SSSR count). The van der Waals surface area contributed by atoms with Gasteiger partial charge in [-0.1, -0.05) is 36.4 Å². The normalized spacial score (nSPS) is 35.1. The fourth-order valence-electron chi connectivity index (χ4n) is 6.46. The van der Waals surface area contributed by atoms with Crippen molar-refractivity contribution in [2.24, 2.45) is 23.7 Å². The minimum Gasteiger partial charge on any atom is -0.416 e. The van der Waals surface area contributed by atoms with E-state index in [2.05, 4.69) is 0 Å². The van der Waals surface area contributed by atoms with Crippen molar-refractivity contribution in [2.45, 2.75) is 63.6 Å². The summed E-state index contributed by atoms with van der Waals surface area (Å²) in [4.78, 5) is 0. The van der Waals surface area contributed by atoms with Crippen molar-refractivity contribution >= 4 is 14.6 Å². The van der Waals surface area contributed by atoms with Crippen LogP contribution in [0.3, 0.4) is 0 Å². The molecule has 4 saturated carbocycles. The summed E-state index contributed by atoms with van der Waals surface area (Å²) in [7, 11) is -8.74. The van der Waals surface area contributed by atoms with Gasteiger partial charge in [0.1, 0.15) is 11.5 Å². The molecule has 0 spiro atoms. The maximum Gasteiger partial charge on any atom is 0.502 e. The molecule has 4 aliphatic carbocycles. The molecular weight excluding hydrogens is 470 g/mol. The first-order chi connectivity index (χ1) is 16.5. The van der Waals surface area contributed by atoms with Crippen molar-refractivity contribution in [3.8, 4) is 11.5 Å². The monoisotopic (exact) mass is 502 g/mol. The Kier molecular flexibility index (Phi) is 6.14.